The van der Waals surface area contributed by atoms with Crippen molar-refractivity contribution >= 4 is 11.6 Å². The van der Waals surface area contributed by atoms with E-state index in [1.165, 1.54) is 5.06 Å². The Hall–Kier alpha value is -1.55. The number of rotatable bonds is 1. The third-order valence-electron chi connectivity index (χ3n) is 2.42. The number of nitrogen functional groups attached to an aromatic ring is 1. The van der Waals surface area contributed by atoms with E-state index in [0.29, 0.717) is 24.4 Å². The van der Waals surface area contributed by atoms with Gasteiger partial charge in [0.1, 0.15) is 0 Å². The molecule has 15 heavy (non-hydrogen) atoms. The minimum Gasteiger partial charge on any atom is -0.398 e. The largest absolute Gasteiger partial charge is 0.398 e. The van der Waals surface area contributed by atoms with Crippen LogP contribution in [0.4, 0.5) is 5.69 Å². The van der Waals surface area contributed by atoms with E-state index in [1.807, 2.05) is 13.0 Å². The van der Waals surface area contributed by atoms with Crippen molar-refractivity contribution in [3.63, 3.8) is 0 Å². The Morgan fingerprint density at radius 2 is 2.33 bits per heavy atom. The second-order valence-electron chi connectivity index (χ2n) is 3.68. The molecule has 0 radical (unpaired) electrons. The number of hydroxylamine groups is 2. The van der Waals surface area contributed by atoms with Crippen LogP contribution < -0.4 is 5.73 Å². The predicted octanol–water partition coefficient (Wildman–Crippen LogP) is 1.35. The lowest BCUT2D eigenvalue weighted by molar-refractivity contribution is -0.0767. The van der Waals surface area contributed by atoms with Crippen LogP contribution in [0.2, 0.25) is 0 Å². The first-order valence-electron chi connectivity index (χ1n) is 4.99. The van der Waals surface area contributed by atoms with E-state index in [9.17, 15) is 4.79 Å². The molecule has 4 nitrogen and oxygen atoms in total. The van der Waals surface area contributed by atoms with Gasteiger partial charge in [-0.05, 0) is 25.5 Å². The van der Waals surface area contributed by atoms with E-state index >= 15 is 0 Å². The number of benzene rings is 1. The van der Waals surface area contributed by atoms with Gasteiger partial charge in [-0.25, -0.2) is 5.06 Å². The SMILES string of the molecule is Cc1ccc(N)c(C(=O)N2CCCO2)c1. The van der Waals surface area contributed by atoms with Crippen LogP contribution >= 0.6 is 0 Å². The predicted molar refractivity (Wildman–Crippen MR) is 57.2 cm³/mol. The maximum absolute atomic E-state index is 11.9. The molecule has 1 amide bonds. The van der Waals surface area contributed by atoms with Crippen molar-refractivity contribution < 1.29 is 9.63 Å². The smallest absolute Gasteiger partial charge is 0.279 e. The molecule has 0 saturated carbocycles. The molecule has 0 bridgehead atoms. The topological polar surface area (TPSA) is 55.6 Å². The molecule has 0 atom stereocenters. The molecule has 1 fully saturated rings. The molecule has 1 aromatic rings. The third-order valence-corrected chi connectivity index (χ3v) is 2.42. The number of amides is 1. The normalized spacial score (nSPS) is 15.7. The maximum Gasteiger partial charge on any atom is 0.279 e. The molecule has 2 rings (SSSR count). The van der Waals surface area contributed by atoms with E-state index < -0.39 is 0 Å². The van der Waals surface area contributed by atoms with Crippen molar-refractivity contribution in [2.45, 2.75) is 13.3 Å². The Bertz CT molecular complexity index is 384. The monoisotopic (exact) mass is 206 g/mol. The van der Waals surface area contributed by atoms with Crippen molar-refractivity contribution in [3.05, 3.63) is 29.3 Å². The highest BCUT2D eigenvalue weighted by Gasteiger charge is 2.22. The minimum atomic E-state index is -0.145. The number of hydrogen-bond acceptors (Lipinski definition) is 3. The van der Waals surface area contributed by atoms with Crippen LogP contribution in [0, 0.1) is 6.92 Å². The van der Waals surface area contributed by atoms with Gasteiger partial charge in [-0.3, -0.25) is 9.63 Å². The summed E-state index contributed by atoms with van der Waals surface area (Å²) in [7, 11) is 0. The van der Waals surface area contributed by atoms with Crippen molar-refractivity contribution in [1.82, 2.24) is 5.06 Å². The molecule has 2 N–H and O–H groups in total. The van der Waals surface area contributed by atoms with E-state index in [1.54, 1.807) is 12.1 Å². The second-order valence-corrected chi connectivity index (χ2v) is 3.68. The summed E-state index contributed by atoms with van der Waals surface area (Å²) >= 11 is 0. The Labute approximate surface area is 88.6 Å². The van der Waals surface area contributed by atoms with Crippen LogP contribution in [0.1, 0.15) is 22.3 Å². The number of nitrogens with two attached hydrogens (primary N) is 1. The number of anilines is 1. The second kappa shape index (κ2) is 3.90. The Morgan fingerprint density at radius 1 is 1.53 bits per heavy atom. The zero-order valence-corrected chi connectivity index (χ0v) is 8.69. The van der Waals surface area contributed by atoms with E-state index in [-0.39, 0.29) is 5.91 Å². The zero-order chi connectivity index (χ0) is 10.8. The first kappa shape index (κ1) is 9.98. The fourth-order valence-electron chi connectivity index (χ4n) is 1.60. The van der Waals surface area contributed by atoms with Gasteiger partial charge in [-0.1, -0.05) is 11.6 Å². The van der Waals surface area contributed by atoms with Crippen molar-refractivity contribution in [3.8, 4) is 0 Å². The summed E-state index contributed by atoms with van der Waals surface area (Å²) in [6.07, 6.45) is 0.886. The van der Waals surface area contributed by atoms with Gasteiger partial charge < -0.3 is 5.73 Å². The first-order valence-corrected chi connectivity index (χ1v) is 4.99. The van der Waals surface area contributed by atoms with Gasteiger partial charge in [0.25, 0.3) is 5.91 Å². The highest BCUT2D eigenvalue weighted by Crippen LogP contribution is 2.18. The van der Waals surface area contributed by atoms with E-state index in [0.717, 1.165) is 12.0 Å². The van der Waals surface area contributed by atoms with Crippen LogP contribution in [0.25, 0.3) is 0 Å². The zero-order valence-electron chi connectivity index (χ0n) is 8.69. The molecule has 1 aliphatic heterocycles. The van der Waals surface area contributed by atoms with Crippen molar-refractivity contribution in [2.75, 3.05) is 18.9 Å². The van der Waals surface area contributed by atoms with Crippen molar-refractivity contribution in [1.29, 1.82) is 0 Å². The Morgan fingerprint density at radius 3 is 3.00 bits per heavy atom. The van der Waals surface area contributed by atoms with Crippen LogP contribution in [-0.4, -0.2) is 24.1 Å². The highest BCUT2D eigenvalue weighted by atomic mass is 16.7. The van der Waals surface area contributed by atoms with Gasteiger partial charge in [-0.15, -0.1) is 0 Å². The summed E-state index contributed by atoms with van der Waals surface area (Å²) in [6, 6.07) is 5.43. The van der Waals surface area contributed by atoms with Gasteiger partial charge in [0.2, 0.25) is 0 Å². The van der Waals surface area contributed by atoms with Gasteiger partial charge >= 0.3 is 0 Å². The van der Waals surface area contributed by atoms with Gasteiger partial charge in [0, 0.05) is 5.69 Å². The average Bonchev–Trinajstić information content (AvgIpc) is 2.74. The standard InChI is InChI=1S/C11H14N2O2/c1-8-3-4-10(12)9(7-8)11(14)13-5-2-6-15-13/h3-4,7H,2,5-6,12H2,1H3. The fraction of sp³-hybridized carbons (Fsp3) is 0.364. The van der Waals surface area contributed by atoms with Gasteiger partial charge in [0.05, 0.1) is 18.7 Å². The summed E-state index contributed by atoms with van der Waals surface area (Å²) in [4.78, 5) is 17.1. The Kier molecular flexibility index (Phi) is 2.60. The minimum absolute atomic E-state index is 0.145. The summed E-state index contributed by atoms with van der Waals surface area (Å²) in [5.41, 5.74) is 7.80. The number of nitrogens with zero attached hydrogens (tertiary/aromatic N) is 1. The number of aryl methyl sites for hydroxylation is 1. The molecular weight excluding hydrogens is 192 g/mol. The third kappa shape index (κ3) is 1.94. The van der Waals surface area contributed by atoms with Crippen LogP contribution in [0.5, 0.6) is 0 Å². The molecule has 80 valence electrons. The lowest BCUT2D eigenvalue weighted by atomic mass is 10.1. The van der Waals surface area contributed by atoms with Gasteiger partial charge in [0.15, 0.2) is 0 Å². The number of hydrogen-bond donors (Lipinski definition) is 1. The summed E-state index contributed by atoms with van der Waals surface area (Å²) < 4.78 is 0. The Balaban J connectivity index is 2.27. The summed E-state index contributed by atoms with van der Waals surface area (Å²) in [6.45, 7) is 3.19. The first-order chi connectivity index (χ1) is 7.18. The van der Waals surface area contributed by atoms with E-state index in [4.69, 9.17) is 10.6 Å². The molecular formula is C11H14N2O2. The molecule has 0 spiro atoms. The van der Waals surface area contributed by atoms with Crippen LogP contribution in [0.3, 0.4) is 0 Å². The van der Waals surface area contributed by atoms with Crippen LogP contribution in [0.15, 0.2) is 18.2 Å². The molecule has 1 saturated heterocycles. The van der Waals surface area contributed by atoms with E-state index in [2.05, 4.69) is 0 Å². The highest BCUT2D eigenvalue weighted by molar-refractivity contribution is 5.98. The molecule has 0 aromatic heterocycles. The number of carbonyl (C=O) groups is 1. The quantitative estimate of drug-likeness (QED) is 0.706. The lowest BCUT2D eigenvalue weighted by Crippen LogP contribution is -2.27. The average molecular weight is 206 g/mol. The maximum atomic E-state index is 11.9. The molecule has 0 aliphatic carbocycles. The molecule has 1 aliphatic rings. The summed E-state index contributed by atoms with van der Waals surface area (Å²) in [5, 5.41) is 1.38. The van der Waals surface area contributed by atoms with Crippen molar-refractivity contribution in [2.24, 2.45) is 0 Å². The molecule has 1 aromatic carbocycles. The van der Waals surface area contributed by atoms with Crippen LogP contribution in [-0.2, 0) is 4.84 Å². The molecule has 0 unspecified atom stereocenters. The van der Waals surface area contributed by atoms with Gasteiger partial charge in [-0.2, -0.15) is 0 Å². The lowest BCUT2D eigenvalue weighted by Gasteiger charge is -2.15. The number of carbonyl (C=O) groups excluding carboxylic acids is 1. The summed E-state index contributed by atoms with van der Waals surface area (Å²) in [5.74, 6) is -0.145. The molecule has 1 heterocycles. The molecule has 4 heteroatoms. The fourth-order valence-corrected chi connectivity index (χ4v) is 1.60.